The highest BCUT2D eigenvalue weighted by atomic mass is 32.2. The van der Waals surface area contributed by atoms with Crippen LogP contribution in [-0.4, -0.2) is 30.3 Å². The summed E-state index contributed by atoms with van der Waals surface area (Å²) in [7, 11) is 0. The molecule has 0 spiro atoms. The van der Waals surface area contributed by atoms with E-state index in [1.807, 2.05) is 0 Å². The van der Waals surface area contributed by atoms with Crippen molar-refractivity contribution in [2.45, 2.75) is 29.5 Å². The zero-order valence-corrected chi connectivity index (χ0v) is 11.3. The van der Waals surface area contributed by atoms with Crippen LogP contribution in [0.3, 0.4) is 0 Å². The van der Waals surface area contributed by atoms with Gasteiger partial charge in [-0.3, -0.25) is 4.79 Å². The first-order valence-electron chi connectivity index (χ1n) is 6.06. The minimum Gasteiger partial charge on any atom is -0.452 e. The van der Waals surface area contributed by atoms with Gasteiger partial charge in [-0.2, -0.15) is 8.78 Å². The summed E-state index contributed by atoms with van der Waals surface area (Å²) >= 11 is 0.274. The van der Waals surface area contributed by atoms with E-state index in [1.54, 1.807) is 12.1 Å². The Morgan fingerprint density at radius 2 is 2.05 bits per heavy atom. The number of benzene rings is 1. The predicted molar refractivity (Wildman–Crippen MR) is 69.8 cm³/mol. The number of ether oxygens (including phenoxy) is 1. The van der Waals surface area contributed by atoms with Gasteiger partial charge >= 0.3 is 5.97 Å². The molecule has 0 aromatic heterocycles. The third kappa shape index (κ3) is 4.48. The van der Waals surface area contributed by atoms with Crippen LogP contribution in [0.25, 0.3) is 0 Å². The largest absolute Gasteiger partial charge is 0.452 e. The number of carbonyl (C=O) groups excluding carboxylic acids is 2. The summed E-state index contributed by atoms with van der Waals surface area (Å²) < 4.78 is 29.6. The molecule has 7 heteroatoms. The van der Waals surface area contributed by atoms with Crippen molar-refractivity contribution < 1.29 is 23.1 Å². The molecule has 0 saturated heterocycles. The Morgan fingerprint density at radius 3 is 2.70 bits per heavy atom. The van der Waals surface area contributed by atoms with E-state index in [0.717, 1.165) is 12.8 Å². The van der Waals surface area contributed by atoms with Gasteiger partial charge in [0.25, 0.3) is 11.7 Å². The van der Waals surface area contributed by atoms with Crippen molar-refractivity contribution in [2.24, 2.45) is 0 Å². The number of carbonyl (C=O) groups is 2. The van der Waals surface area contributed by atoms with E-state index in [9.17, 15) is 18.4 Å². The summed E-state index contributed by atoms with van der Waals surface area (Å²) in [6.07, 6.45) is 1.88. The Bertz CT molecular complexity index is 506. The molecule has 1 aliphatic rings. The van der Waals surface area contributed by atoms with E-state index in [2.05, 4.69) is 5.32 Å². The molecule has 20 heavy (non-hydrogen) atoms. The monoisotopic (exact) mass is 301 g/mol. The van der Waals surface area contributed by atoms with Gasteiger partial charge in [0.05, 0.1) is 5.56 Å². The molecular weight excluding hydrogens is 288 g/mol. The van der Waals surface area contributed by atoms with Gasteiger partial charge in [0.2, 0.25) is 0 Å². The van der Waals surface area contributed by atoms with Gasteiger partial charge in [0.15, 0.2) is 6.61 Å². The molecule has 1 N–H and O–H groups in total. The van der Waals surface area contributed by atoms with Gasteiger partial charge in [-0.05, 0) is 25.0 Å². The quantitative estimate of drug-likeness (QED) is 0.648. The van der Waals surface area contributed by atoms with Crippen molar-refractivity contribution in [1.29, 1.82) is 0 Å². The zero-order chi connectivity index (χ0) is 14.5. The maximum atomic E-state index is 12.4. The van der Waals surface area contributed by atoms with E-state index in [-0.39, 0.29) is 34.2 Å². The van der Waals surface area contributed by atoms with Crippen LogP contribution >= 0.6 is 11.8 Å². The number of hydrogen-bond acceptors (Lipinski definition) is 4. The van der Waals surface area contributed by atoms with Crippen molar-refractivity contribution in [1.82, 2.24) is 5.32 Å². The molecule has 4 nitrogen and oxygen atoms in total. The Balaban J connectivity index is 1.92. The van der Waals surface area contributed by atoms with Gasteiger partial charge < -0.3 is 10.1 Å². The highest BCUT2D eigenvalue weighted by molar-refractivity contribution is 7.99. The van der Waals surface area contributed by atoms with Gasteiger partial charge in [-0.25, -0.2) is 4.79 Å². The van der Waals surface area contributed by atoms with Crippen LogP contribution in [0, 0.1) is 0 Å². The summed E-state index contributed by atoms with van der Waals surface area (Å²) in [5.41, 5.74) is 0.0389. The average Bonchev–Trinajstić information content (AvgIpc) is 3.20. The number of esters is 1. The third-order valence-electron chi connectivity index (χ3n) is 2.60. The topological polar surface area (TPSA) is 55.4 Å². The Hall–Kier alpha value is -1.63. The number of hydrogen-bond donors (Lipinski definition) is 1. The number of halogens is 2. The summed E-state index contributed by atoms with van der Waals surface area (Å²) in [5, 5.41) is 2.67. The van der Waals surface area contributed by atoms with Crippen molar-refractivity contribution >= 4 is 23.6 Å². The van der Waals surface area contributed by atoms with Gasteiger partial charge in [-0.15, -0.1) is 0 Å². The fourth-order valence-corrected chi connectivity index (χ4v) is 2.17. The third-order valence-corrected chi connectivity index (χ3v) is 3.39. The summed E-state index contributed by atoms with van der Waals surface area (Å²) in [4.78, 5) is 23.3. The molecule has 0 bridgehead atoms. The first-order chi connectivity index (χ1) is 9.56. The molecule has 0 aliphatic heterocycles. The lowest BCUT2D eigenvalue weighted by Gasteiger charge is -2.09. The minimum atomic E-state index is -2.62. The first-order valence-corrected chi connectivity index (χ1v) is 6.94. The van der Waals surface area contributed by atoms with Crippen LogP contribution in [0.1, 0.15) is 23.2 Å². The number of rotatable bonds is 6. The van der Waals surface area contributed by atoms with Crippen LogP contribution in [-0.2, 0) is 9.53 Å². The second-order valence-corrected chi connectivity index (χ2v) is 5.32. The van der Waals surface area contributed by atoms with Gasteiger partial charge in [0, 0.05) is 10.9 Å². The number of thioether (sulfide) groups is 1. The molecule has 1 amide bonds. The van der Waals surface area contributed by atoms with Crippen LogP contribution in [0.4, 0.5) is 8.78 Å². The van der Waals surface area contributed by atoms with Crippen molar-refractivity contribution in [3.05, 3.63) is 29.8 Å². The second kappa shape index (κ2) is 6.69. The lowest BCUT2D eigenvalue weighted by molar-refractivity contribution is -0.124. The van der Waals surface area contributed by atoms with Crippen molar-refractivity contribution in [3.63, 3.8) is 0 Å². The van der Waals surface area contributed by atoms with E-state index in [0.29, 0.717) is 0 Å². The molecular formula is C13H13F2NO3S. The maximum absolute atomic E-state index is 12.4. The average molecular weight is 301 g/mol. The Kier molecular flexibility index (Phi) is 4.94. The van der Waals surface area contributed by atoms with E-state index >= 15 is 0 Å². The van der Waals surface area contributed by atoms with Crippen LogP contribution in [0.5, 0.6) is 0 Å². The van der Waals surface area contributed by atoms with Crippen molar-refractivity contribution in [2.75, 3.05) is 6.61 Å². The maximum Gasteiger partial charge on any atom is 0.339 e. The van der Waals surface area contributed by atoms with Crippen LogP contribution in [0.2, 0.25) is 0 Å². The molecule has 0 atom stereocenters. The standard InChI is InChI=1S/C13H13F2NO3S/c14-13(15)20-10-4-2-1-3-9(10)12(18)19-7-11(17)16-8-5-6-8/h1-4,8,13H,5-7H2,(H,16,17). The van der Waals surface area contributed by atoms with Crippen molar-refractivity contribution in [3.8, 4) is 0 Å². The normalized spacial score (nSPS) is 14.2. The highest BCUT2D eigenvalue weighted by Crippen LogP contribution is 2.28. The van der Waals surface area contributed by atoms with Gasteiger partial charge in [0.1, 0.15) is 0 Å². The molecule has 0 unspecified atom stereocenters. The lowest BCUT2D eigenvalue weighted by Crippen LogP contribution is -2.30. The molecule has 1 fully saturated rings. The number of amides is 1. The molecule has 1 aromatic rings. The number of nitrogens with one attached hydrogen (secondary N) is 1. The molecule has 1 aliphatic carbocycles. The summed E-state index contributed by atoms with van der Waals surface area (Å²) in [6.45, 7) is -0.400. The smallest absolute Gasteiger partial charge is 0.339 e. The van der Waals surface area contributed by atoms with E-state index in [4.69, 9.17) is 4.74 Å². The van der Waals surface area contributed by atoms with Crippen LogP contribution in [0.15, 0.2) is 29.2 Å². The predicted octanol–water partition coefficient (Wildman–Crippen LogP) is 2.44. The Morgan fingerprint density at radius 1 is 1.35 bits per heavy atom. The minimum absolute atomic E-state index is 0.0389. The molecule has 1 aromatic carbocycles. The Labute approximate surface area is 118 Å². The lowest BCUT2D eigenvalue weighted by atomic mass is 10.2. The zero-order valence-electron chi connectivity index (χ0n) is 10.5. The second-order valence-electron chi connectivity index (χ2n) is 4.29. The van der Waals surface area contributed by atoms with E-state index in [1.165, 1.54) is 12.1 Å². The molecule has 0 radical (unpaired) electrons. The summed E-state index contributed by atoms with van der Waals surface area (Å²) in [5.74, 6) is -3.78. The first kappa shape index (κ1) is 14.8. The van der Waals surface area contributed by atoms with E-state index < -0.39 is 18.3 Å². The number of alkyl halides is 2. The molecule has 2 rings (SSSR count). The van der Waals surface area contributed by atoms with Crippen LogP contribution < -0.4 is 5.32 Å². The summed E-state index contributed by atoms with van der Waals surface area (Å²) in [6, 6.07) is 6.10. The molecule has 108 valence electrons. The van der Waals surface area contributed by atoms with Gasteiger partial charge in [-0.1, -0.05) is 23.9 Å². The fraction of sp³-hybridized carbons (Fsp3) is 0.385. The SMILES string of the molecule is O=C(COC(=O)c1ccccc1SC(F)F)NC1CC1. The highest BCUT2D eigenvalue weighted by Gasteiger charge is 2.24. The fourth-order valence-electron chi connectivity index (χ4n) is 1.54. The molecule has 1 saturated carbocycles. The molecule has 0 heterocycles.